The zero-order valence-corrected chi connectivity index (χ0v) is 14.5. The number of carbonyl (C=O) groups is 1. The van der Waals surface area contributed by atoms with Crippen molar-refractivity contribution in [2.75, 3.05) is 13.7 Å². The van der Waals surface area contributed by atoms with Crippen LogP contribution in [0.1, 0.15) is 23.0 Å². The average molecular weight is 336 g/mol. The van der Waals surface area contributed by atoms with Crippen LogP contribution in [0.15, 0.2) is 54.6 Å². The number of methoxy groups -OCH3 is 1. The van der Waals surface area contributed by atoms with Crippen LogP contribution in [0.2, 0.25) is 0 Å². The SMILES string of the molecule is CCOc1ccc(-n2nc(-c3ccccc3)c(C(=O)OC)c2C)cc1. The summed E-state index contributed by atoms with van der Waals surface area (Å²) in [5.74, 6) is 0.404. The Bertz CT molecular complexity index is 868. The quantitative estimate of drug-likeness (QED) is 0.660. The number of ether oxygens (including phenoxy) is 2. The lowest BCUT2D eigenvalue weighted by Gasteiger charge is -2.07. The lowest BCUT2D eigenvalue weighted by atomic mass is 10.1. The molecule has 0 saturated heterocycles. The Morgan fingerprint density at radius 2 is 1.76 bits per heavy atom. The maximum Gasteiger partial charge on any atom is 0.342 e. The number of rotatable bonds is 5. The van der Waals surface area contributed by atoms with E-state index in [4.69, 9.17) is 9.47 Å². The van der Waals surface area contributed by atoms with E-state index in [1.807, 2.05) is 68.4 Å². The van der Waals surface area contributed by atoms with E-state index in [-0.39, 0.29) is 0 Å². The molecule has 3 aromatic rings. The van der Waals surface area contributed by atoms with Gasteiger partial charge in [-0.25, -0.2) is 9.48 Å². The molecule has 0 atom stereocenters. The highest BCUT2D eigenvalue weighted by Gasteiger charge is 2.23. The Labute approximate surface area is 146 Å². The van der Waals surface area contributed by atoms with Gasteiger partial charge in [-0.3, -0.25) is 0 Å². The predicted octanol–water partition coefficient (Wildman–Crippen LogP) is 4.03. The molecule has 1 aromatic heterocycles. The molecule has 0 unspecified atom stereocenters. The number of nitrogens with zero attached hydrogens (tertiary/aromatic N) is 2. The molecule has 0 aliphatic carbocycles. The normalized spacial score (nSPS) is 10.5. The summed E-state index contributed by atoms with van der Waals surface area (Å²) in [4.78, 5) is 12.3. The molecule has 2 aromatic carbocycles. The smallest absolute Gasteiger partial charge is 0.342 e. The van der Waals surface area contributed by atoms with E-state index in [1.54, 1.807) is 4.68 Å². The molecule has 128 valence electrons. The van der Waals surface area contributed by atoms with Crippen LogP contribution in [0.4, 0.5) is 0 Å². The second-order valence-corrected chi connectivity index (χ2v) is 5.51. The van der Waals surface area contributed by atoms with Gasteiger partial charge >= 0.3 is 5.97 Å². The predicted molar refractivity (Wildman–Crippen MR) is 96.2 cm³/mol. The van der Waals surface area contributed by atoms with Crippen LogP contribution in [0.3, 0.4) is 0 Å². The second kappa shape index (κ2) is 7.21. The zero-order valence-electron chi connectivity index (χ0n) is 14.5. The number of carbonyl (C=O) groups excluding carboxylic acids is 1. The molecule has 3 rings (SSSR count). The van der Waals surface area contributed by atoms with Crippen LogP contribution in [0.25, 0.3) is 16.9 Å². The summed E-state index contributed by atoms with van der Waals surface area (Å²) in [6.07, 6.45) is 0. The minimum atomic E-state index is -0.395. The van der Waals surface area contributed by atoms with Crippen LogP contribution in [0, 0.1) is 6.92 Å². The maximum absolute atomic E-state index is 12.3. The van der Waals surface area contributed by atoms with Gasteiger partial charge in [-0.15, -0.1) is 0 Å². The van der Waals surface area contributed by atoms with E-state index in [0.717, 1.165) is 22.7 Å². The molecule has 0 amide bonds. The Morgan fingerprint density at radius 3 is 2.36 bits per heavy atom. The van der Waals surface area contributed by atoms with Crippen LogP contribution in [0.5, 0.6) is 5.75 Å². The van der Waals surface area contributed by atoms with Crippen LogP contribution < -0.4 is 4.74 Å². The molecular weight excluding hydrogens is 316 g/mol. The van der Waals surface area contributed by atoms with Crippen molar-refractivity contribution in [3.63, 3.8) is 0 Å². The molecule has 0 N–H and O–H groups in total. The fraction of sp³-hybridized carbons (Fsp3) is 0.200. The minimum Gasteiger partial charge on any atom is -0.494 e. The molecule has 0 spiro atoms. The molecule has 0 bridgehead atoms. The topological polar surface area (TPSA) is 53.4 Å². The monoisotopic (exact) mass is 336 g/mol. The average Bonchev–Trinajstić information content (AvgIpc) is 3.00. The van der Waals surface area contributed by atoms with Gasteiger partial charge in [0.2, 0.25) is 0 Å². The number of benzene rings is 2. The van der Waals surface area contributed by atoms with Crippen molar-refractivity contribution in [2.24, 2.45) is 0 Å². The molecule has 0 radical (unpaired) electrons. The molecule has 1 heterocycles. The first-order valence-corrected chi connectivity index (χ1v) is 8.12. The van der Waals surface area contributed by atoms with E-state index in [9.17, 15) is 4.79 Å². The lowest BCUT2D eigenvalue weighted by molar-refractivity contribution is 0.0600. The number of aromatic nitrogens is 2. The van der Waals surface area contributed by atoms with Gasteiger partial charge in [0.05, 0.1) is 25.1 Å². The van der Waals surface area contributed by atoms with Gasteiger partial charge in [-0.1, -0.05) is 30.3 Å². The first-order valence-electron chi connectivity index (χ1n) is 8.12. The molecule has 5 heteroatoms. The Hall–Kier alpha value is -3.08. The van der Waals surface area contributed by atoms with Crippen molar-refractivity contribution in [1.82, 2.24) is 9.78 Å². The van der Waals surface area contributed by atoms with Crippen molar-refractivity contribution in [2.45, 2.75) is 13.8 Å². The van der Waals surface area contributed by atoms with Gasteiger partial charge in [0.15, 0.2) is 0 Å². The first kappa shape index (κ1) is 16.8. The largest absolute Gasteiger partial charge is 0.494 e. The standard InChI is InChI=1S/C20H20N2O3/c1-4-25-17-12-10-16(11-13-17)22-14(2)18(20(23)24-3)19(21-22)15-8-6-5-7-9-15/h5-13H,4H2,1-3H3. The van der Waals surface area contributed by atoms with Gasteiger partial charge in [-0.05, 0) is 38.1 Å². The molecule has 0 saturated carbocycles. The molecular formula is C20H20N2O3. The maximum atomic E-state index is 12.3. The molecule has 5 nitrogen and oxygen atoms in total. The van der Waals surface area contributed by atoms with Gasteiger partial charge in [0.1, 0.15) is 17.0 Å². The highest BCUT2D eigenvalue weighted by molar-refractivity contribution is 5.97. The third kappa shape index (κ3) is 3.26. The molecule has 0 aliphatic heterocycles. The molecule has 0 fully saturated rings. The van der Waals surface area contributed by atoms with Crippen molar-refractivity contribution in [1.29, 1.82) is 0 Å². The summed E-state index contributed by atoms with van der Waals surface area (Å²) < 4.78 is 12.2. The summed E-state index contributed by atoms with van der Waals surface area (Å²) >= 11 is 0. The summed E-state index contributed by atoms with van der Waals surface area (Å²) in [6, 6.07) is 17.2. The number of esters is 1. The highest BCUT2D eigenvalue weighted by Crippen LogP contribution is 2.28. The van der Waals surface area contributed by atoms with E-state index >= 15 is 0 Å². The minimum absolute atomic E-state index is 0.395. The zero-order chi connectivity index (χ0) is 17.8. The van der Waals surface area contributed by atoms with Gasteiger partial charge in [0.25, 0.3) is 0 Å². The Balaban J connectivity index is 2.12. The van der Waals surface area contributed by atoms with E-state index < -0.39 is 5.97 Å². The van der Waals surface area contributed by atoms with Crippen molar-refractivity contribution < 1.29 is 14.3 Å². The summed E-state index contributed by atoms with van der Waals surface area (Å²) in [5.41, 5.74) is 3.54. The van der Waals surface area contributed by atoms with E-state index in [1.165, 1.54) is 7.11 Å². The number of hydrogen-bond donors (Lipinski definition) is 0. The lowest BCUT2D eigenvalue weighted by Crippen LogP contribution is -2.05. The van der Waals surface area contributed by atoms with E-state index in [0.29, 0.717) is 17.9 Å². The second-order valence-electron chi connectivity index (χ2n) is 5.51. The summed E-state index contributed by atoms with van der Waals surface area (Å²) in [5, 5.41) is 4.67. The van der Waals surface area contributed by atoms with Crippen LogP contribution in [-0.2, 0) is 4.74 Å². The van der Waals surface area contributed by atoms with Gasteiger partial charge < -0.3 is 9.47 Å². The van der Waals surface area contributed by atoms with Crippen LogP contribution in [-0.4, -0.2) is 29.5 Å². The Kier molecular flexibility index (Phi) is 4.84. The first-order chi connectivity index (χ1) is 12.2. The fourth-order valence-electron chi connectivity index (χ4n) is 2.75. The fourth-order valence-corrected chi connectivity index (χ4v) is 2.75. The number of hydrogen-bond acceptors (Lipinski definition) is 4. The van der Waals surface area contributed by atoms with Crippen LogP contribution >= 0.6 is 0 Å². The molecule has 0 aliphatic rings. The summed E-state index contributed by atoms with van der Waals surface area (Å²) in [6.45, 7) is 4.42. The third-order valence-electron chi connectivity index (χ3n) is 3.95. The van der Waals surface area contributed by atoms with Crippen molar-refractivity contribution in [3.05, 3.63) is 65.9 Å². The van der Waals surface area contributed by atoms with E-state index in [2.05, 4.69) is 5.10 Å². The van der Waals surface area contributed by atoms with Gasteiger partial charge in [-0.2, -0.15) is 5.10 Å². The molecule has 25 heavy (non-hydrogen) atoms. The van der Waals surface area contributed by atoms with Crippen molar-refractivity contribution in [3.8, 4) is 22.7 Å². The highest BCUT2D eigenvalue weighted by atomic mass is 16.5. The third-order valence-corrected chi connectivity index (χ3v) is 3.95. The van der Waals surface area contributed by atoms with Crippen molar-refractivity contribution >= 4 is 5.97 Å². The summed E-state index contributed by atoms with van der Waals surface area (Å²) in [7, 11) is 1.38. The Morgan fingerprint density at radius 1 is 1.08 bits per heavy atom. The van der Waals surface area contributed by atoms with Gasteiger partial charge in [0, 0.05) is 5.56 Å².